The SMILES string of the molecule is CC(C(=O)O)N1CCN(C(COCc2ccccc2)C(=O)O)CCN(CC(=O)O)CCN(C(COCc2ccccc2)C(=O)O)CC1. The van der Waals surface area contributed by atoms with Crippen LogP contribution in [0.15, 0.2) is 60.7 Å². The molecule has 0 amide bonds. The minimum absolute atomic E-state index is 0.130. The van der Waals surface area contributed by atoms with E-state index < -0.39 is 42.0 Å². The van der Waals surface area contributed by atoms with Gasteiger partial charge in [0.1, 0.15) is 18.1 Å². The van der Waals surface area contributed by atoms with E-state index in [2.05, 4.69) is 0 Å². The summed E-state index contributed by atoms with van der Waals surface area (Å²) in [6, 6.07) is 15.6. The summed E-state index contributed by atoms with van der Waals surface area (Å²) in [6.07, 6.45) is 0. The van der Waals surface area contributed by atoms with Crippen molar-refractivity contribution < 1.29 is 49.1 Å². The van der Waals surface area contributed by atoms with Crippen molar-refractivity contribution in [1.82, 2.24) is 19.6 Å². The smallest absolute Gasteiger partial charge is 0.323 e. The summed E-state index contributed by atoms with van der Waals surface area (Å²) in [4.78, 5) is 55.4. The van der Waals surface area contributed by atoms with Gasteiger partial charge in [0.05, 0.1) is 33.0 Å². The van der Waals surface area contributed by atoms with E-state index in [-0.39, 0.29) is 85.3 Å². The Morgan fingerprint density at radius 1 is 0.596 bits per heavy atom. The van der Waals surface area contributed by atoms with Crippen LogP contribution in [0, 0.1) is 0 Å². The molecule has 2 aromatic carbocycles. The van der Waals surface area contributed by atoms with E-state index in [4.69, 9.17) is 9.47 Å². The van der Waals surface area contributed by atoms with Crippen molar-refractivity contribution in [1.29, 1.82) is 0 Å². The van der Waals surface area contributed by atoms with Crippen molar-refractivity contribution in [2.75, 3.05) is 72.1 Å². The maximum Gasteiger partial charge on any atom is 0.323 e. The standard InChI is InChI=1S/C33H46N4O10/c1-25(31(40)41)35-16-18-36(28(32(42)43)23-46-21-26-8-4-2-5-9-26)14-12-34(20-30(38)39)13-15-37(19-17-35)29(33(44)45)24-47-22-27-10-6-3-7-11-27/h2-11,25,28-29H,12-24H2,1H3,(H,38,39)(H,40,41)(H,42,43)(H,44,45). The maximum atomic E-state index is 12.4. The Bertz CT molecular complexity index is 1190. The molecule has 0 aromatic heterocycles. The molecular weight excluding hydrogens is 612 g/mol. The number of carboxylic acid groups (broad SMARTS) is 4. The number of hydrogen-bond donors (Lipinski definition) is 4. The Balaban J connectivity index is 1.80. The number of nitrogens with zero attached hydrogens (tertiary/aromatic N) is 4. The van der Waals surface area contributed by atoms with Gasteiger partial charge in [-0.15, -0.1) is 0 Å². The third kappa shape index (κ3) is 13.0. The second kappa shape index (κ2) is 19.7. The van der Waals surface area contributed by atoms with E-state index in [0.29, 0.717) is 0 Å². The van der Waals surface area contributed by atoms with Crippen LogP contribution in [0.1, 0.15) is 18.1 Å². The minimum atomic E-state index is -1.11. The molecule has 258 valence electrons. The van der Waals surface area contributed by atoms with Crippen LogP contribution in [0.5, 0.6) is 0 Å². The van der Waals surface area contributed by atoms with Crippen LogP contribution in [-0.4, -0.2) is 154 Å². The Morgan fingerprint density at radius 3 is 1.34 bits per heavy atom. The average molecular weight is 659 g/mol. The molecule has 47 heavy (non-hydrogen) atoms. The van der Waals surface area contributed by atoms with Gasteiger partial charge in [-0.2, -0.15) is 0 Å². The molecule has 4 N–H and O–H groups in total. The lowest BCUT2D eigenvalue weighted by molar-refractivity contribution is -0.148. The fourth-order valence-corrected chi connectivity index (χ4v) is 5.41. The molecular formula is C33H46N4O10. The summed E-state index contributed by atoms with van der Waals surface area (Å²) in [7, 11) is 0. The molecule has 1 saturated heterocycles. The molecule has 1 heterocycles. The number of aliphatic carboxylic acids is 4. The van der Waals surface area contributed by atoms with Crippen LogP contribution in [0.25, 0.3) is 0 Å². The molecule has 0 saturated carbocycles. The summed E-state index contributed by atoms with van der Waals surface area (Å²) in [5.41, 5.74) is 1.77. The van der Waals surface area contributed by atoms with Gasteiger partial charge >= 0.3 is 23.9 Å². The van der Waals surface area contributed by atoms with E-state index in [1.807, 2.05) is 60.7 Å². The third-order valence-electron chi connectivity index (χ3n) is 8.25. The number of benzene rings is 2. The Hall–Kier alpha value is -3.92. The van der Waals surface area contributed by atoms with E-state index in [9.17, 15) is 39.6 Å². The van der Waals surface area contributed by atoms with Crippen molar-refractivity contribution in [2.45, 2.75) is 38.3 Å². The first-order chi connectivity index (χ1) is 22.5. The topological polar surface area (TPSA) is 181 Å². The number of rotatable bonds is 16. The van der Waals surface area contributed by atoms with Gasteiger partial charge < -0.3 is 29.9 Å². The van der Waals surface area contributed by atoms with Crippen LogP contribution < -0.4 is 0 Å². The van der Waals surface area contributed by atoms with E-state index in [1.165, 1.54) is 6.92 Å². The summed E-state index contributed by atoms with van der Waals surface area (Å²) < 4.78 is 11.6. The molecule has 2 aromatic rings. The summed E-state index contributed by atoms with van der Waals surface area (Å²) in [5, 5.41) is 39.8. The quantitative estimate of drug-likeness (QED) is 0.201. The zero-order valence-corrected chi connectivity index (χ0v) is 26.7. The fraction of sp³-hybridized carbons (Fsp3) is 0.515. The Labute approximate surface area is 274 Å². The third-order valence-corrected chi connectivity index (χ3v) is 8.25. The Morgan fingerprint density at radius 2 is 0.979 bits per heavy atom. The largest absolute Gasteiger partial charge is 0.480 e. The van der Waals surface area contributed by atoms with Crippen LogP contribution in [0.4, 0.5) is 0 Å². The molecule has 1 aliphatic heterocycles. The molecule has 14 heteroatoms. The highest BCUT2D eigenvalue weighted by molar-refractivity contribution is 5.74. The van der Waals surface area contributed by atoms with E-state index in [0.717, 1.165) is 11.1 Å². The molecule has 3 unspecified atom stereocenters. The van der Waals surface area contributed by atoms with Gasteiger partial charge in [-0.05, 0) is 18.1 Å². The molecule has 0 aliphatic carbocycles. The Kier molecular flexibility index (Phi) is 15.7. The lowest BCUT2D eigenvalue weighted by Gasteiger charge is -2.38. The van der Waals surface area contributed by atoms with Crippen LogP contribution >= 0.6 is 0 Å². The summed E-state index contributed by atoms with van der Waals surface area (Å²) >= 11 is 0. The van der Waals surface area contributed by atoms with Gasteiger partial charge in [0.2, 0.25) is 0 Å². The summed E-state index contributed by atoms with van der Waals surface area (Å²) in [5.74, 6) is -4.36. The molecule has 0 spiro atoms. The number of carbonyl (C=O) groups is 4. The number of carboxylic acids is 4. The number of ether oxygens (including phenoxy) is 2. The molecule has 1 aliphatic rings. The van der Waals surface area contributed by atoms with E-state index in [1.54, 1.807) is 19.6 Å². The predicted molar refractivity (Wildman–Crippen MR) is 171 cm³/mol. The summed E-state index contributed by atoms with van der Waals surface area (Å²) in [6.45, 7) is 2.72. The molecule has 0 bridgehead atoms. The molecule has 3 rings (SSSR count). The minimum Gasteiger partial charge on any atom is -0.480 e. The molecule has 3 atom stereocenters. The average Bonchev–Trinajstić information content (AvgIpc) is 3.03. The first-order valence-electron chi connectivity index (χ1n) is 15.6. The molecule has 14 nitrogen and oxygen atoms in total. The van der Waals surface area contributed by atoms with Crippen molar-refractivity contribution in [2.24, 2.45) is 0 Å². The van der Waals surface area contributed by atoms with Crippen LogP contribution in [0.3, 0.4) is 0 Å². The van der Waals surface area contributed by atoms with Gasteiger partial charge in [-0.1, -0.05) is 60.7 Å². The second-order valence-electron chi connectivity index (χ2n) is 11.5. The fourth-order valence-electron chi connectivity index (χ4n) is 5.41. The number of hydrogen-bond acceptors (Lipinski definition) is 10. The monoisotopic (exact) mass is 658 g/mol. The van der Waals surface area contributed by atoms with Crippen molar-refractivity contribution in [3.63, 3.8) is 0 Å². The second-order valence-corrected chi connectivity index (χ2v) is 11.5. The first kappa shape index (κ1) is 37.5. The first-order valence-corrected chi connectivity index (χ1v) is 15.6. The lowest BCUT2D eigenvalue weighted by Crippen LogP contribution is -2.55. The van der Waals surface area contributed by atoms with Crippen LogP contribution in [0.2, 0.25) is 0 Å². The van der Waals surface area contributed by atoms with Gasteiger partial charge in [0.25, 0.3) is 0 Å². The predicted octanol–water partition coefficient (Wildman–Crippen LogP) is 1.11. The highest BCUT2D eigenvalue weighted by atomic mass is 16.5. The van der Waals surface area contributed by atoms with Crippen LogP contribution in [-0.2, 0) is 41.9 Å². The normalized spacial score (nSPS) is 18.3. The lowest BCUT2D eigenvalue weighted by atomic mass is 10.2. The van der Waals surface area contributed by atoms with Gasteiger partial charge in [-0.25, -0.2) is 0 Å². The van der Waals surface area contributed by atoms with Gasteiger partial charge in [0, 0.05) is 52.4 Å². The van der Waals surface area contributed by atoms with Crippen molar-refractivity contribution in [3.05, 3.63) is 71.8 Å². The van der Waals surface area contributed by atoms with Gasteiger partial charge in [0.15, 0.2) is 0 Å². The molecule has 0 radical (unpaired) electrons. The highest BCUT2D eigenvalue weighted by Gasteiger charge is 2.32. The zero-order chi connectivity index (χ0) is 34.2. The van der Waals surface area contributed by atoms with E-state index >= 15 is 0 Å². The van der Waals surface area contributed by atoms with Crippen molar-refractivity contribution >= 4 is 23.9 Å². The molecule has 1 fully saturated rings. The van der Waals surface area contributed by atoms with Crippen molar-refractivity contribution in [3.8, 4) is 0 Å². The maximum absolute atomic E-state index is 12.4. The zero-order valence-electron chi connectivity index (χ0n) is 26.7. The highest BCUT2D eigenvalue weighted by Crippen LogP contribution is 2.12. The van der Waals surface area contributed by atoms with Gasteiger partial charge in [-0.3, -0.25) is 38.8 Å².